The van der Waals surface area contributed by atoms with E-state index in [1.54, 1.807) is 0 Å². The molecule has 22 heavy (non-hydrogen) atoms. The fourth-order valence-corrected chi connectivity index (χ4v) is 3.75. The van der Waals surface area contributed by atoms with Crippen LogP contribution in [0.2, 0.25) is 0 Å². The van der Waals surface area contributed by atoms with Crippen LogP contribution in [0.25, 0.3) is 0 Å². The molecule has 120 valence electrons. The fourth-order valence-electron chi connectivity index (χ4n) is 3.75. The molecule has 1 saturated heterocycles. The minimum Gasteiger partial charge on any atom is -0.342 e. The molecule has 1 saturated carbocycles. The standard InChI is InChI=1S/C16H25N5O/c1-10(2)8-12-13(16(12,3)4)15(22)21-7-5-6-11(9-21)14-17-19-20-18-14/h8,11-13H,5-7,9H2,1-4H3,(H,17,18,19,20)/t11-,12+,13-/m0/s1. The Morgan fingerprint density at radius 2 is 2.18 bits per heavy atom. The molecule has 3 rings (SSSR count). The topological polar surface area (TPSA) is 74.8 Å². The number of tetrazole rings is 1. The fraction of sp³-hybridized carbons (Fsp3) is 0.750. The molecule has 0 radical (unpaired) electrons. The summed E-state index contributed by atoms with van der Waals surface area (Å²) < 4.78 is 0. The molecular formula is C16H25N5O. The van der Waals surface area contributed by atoms with Crippen LogP contribution in [-0.4, -0.2) is 44.5 Å². The Morgan fingerprint density at radius 1 is 1.41 bits per heavy atom. The number of allylic oxidation sites excluding steroid dienone is 2. The van der Waals surface area contributed by atoms with Crippen LogP contribution in [0.1, 0.15) is 52.3 Å². The predicted molar refractivity (Wildman–Crippen MR) is 82.9 cm³/mol. The van der Waals surface area contributed by atoms with E-state index in [9.17, 15) is 4.79 Å². The largest absolute Gasteiger partial charge is 0.342 e. The summed E-state index contributed by atoms with van der Waals surface area (Å²) in [5.74, 6) is 1.72. The molecule has 3 atom stereocenters. The second kappa shape index (κ2) is 5.48. The smallest absolute Gasteiger partial charge is 0.226 e. The number of likely N-dealkylation sites (tertiary alicyclic amines) is 1. The number of rotatable bonds is 3. The third-order valence-corrected chi connectivity index (χ3v) is 5.15. The van der Waals surface area contributed by atoms with Crippen molar-refractivity contribution >= 4 is 5.91 Å². The van der Waals surface area contributed by atoms with Gasteiger partial charge in [-0.3, -0.25) is 4.79 Å². The van der Waals surface area contributed by atoms with E-state index in [2.05, 4.69) is 54.4 Å². The first-order valence-electron chi connectivity index (χ1n) is 8.08. The summed E-state index contributed by atoms with van der Waals surface area (Å²) in [6, 6.07) is 0. The highest BCUT2D eigenvalue weighted by Crippen LogP contribution is 2.60. The summed E-state index contributed by atoms with van der Waals surface area (Å²) >= 11 is 0. The Balaban J connectivity index is 1.69. The Labute approximate surface area is 131 Å². The number of hydrogen-bond donors (Lipinski definition) is 1. The van der Waals surface area contributed by atoms with Gasteiger partial charge in [-0.05, 0) is 38.0 Å². The highest BCUT2D eigenvalue weighted by molar-refractivity contribution is 5.84. The zero-order valence-corrected chi connectivity index (χ0v) is 13.8. The minimum atomic E-state index is 0.0768. The van der Waals surface area contributed by atoms with Crippen LogP contribution >= 0.6 is 0 Å². The van der Waals surface area contributed by atoms with Gasteiger partial charge < -0.3 is 4.90 Å². The second-order valence-electron chi connectivity index (χ2n) is 7.46. The van der Waals surface area contributed by atoms with E-state index in [4.69, 9.17) is 0 Å². The molecule has 6 nitrogen and oxygen atoms in total. The number of nitrogens with one attached hydrogen (secondary N) is 1. The van der Waals surface area contributed by atoms with E-state index in [0.717, 1.165) is 25.2 Å². The summed E-state index contributed by atoms with van der Waals surface area (Å²) in [4.78, 5) is 14.9. The first-order valence-corrected chi connectivity index (χ1v) is 8.08. The highest BCUT2D eigenvalue weighted by Gasteiger charge is 2.61. The van der Waals surface area contributed by atoms with Crippen LogP contribution < -0.4 is 0 Å². The number of H-pyrrole nitrogens is 1. The van der Waals surface area contributed by atoms with Crippen molar-refractivity contribution in [2.45, 2.75) is 46.5 Å². The van der Waals surface area contributed by atoms with Gasteiger partial charge in [0, 0.05) is 19.0 Å². The maximum atomic E-state index is 12.9. The Bertz CT molecular complexity index is 573. The number of nitrogens with zero attached hydrogens (tertiary/aromatic N) is 4. The molecule has 0 aromatic carbocycles. The van der Waals surface area contributed by atoms with Crippen molar-refractivity contribution < 1.29 is 4.79 Å². The second-order valence-corrected chi connectivity index (χ2v) is 7.46. The van der Waals surface area contributed by atoms with E-state index in [1.807, 2.05) is 4.90 Å². The average Bonchev–Trinajstić information content (AvgIpc) is 2.87. The number of aromatic nitrogens is 4. The summed E-state index contributed by atoms with van der Waals surface area (Å²) in [5.41, 5.74) is 1.37. The molecular weight excluding hydrogens is 278 g/mol. The van der Waals surface area contributed by atoms with Gasteiger partial charge in [-0.15, -0.1) is 10.2 Å². The number of aromatic amines is 1. The van der Waals surface area contributed by atoms with Gasteiger partial charge in [-0.1, -0.05) is 30.7 Å². The molecule has 0 bridgehead atoms. The zero-order chi connectivity index (χ0) is 15.9. The van der Waals surface area contributed by atoms with Crippen molar-refractivity contribution in [3.05, 3.63) is 17.5 Å². The van der Waals surface area contributed by atoms with Gasteiger partial charge in [-0.25, -0.2) is 0 Å². The van der Waals surface area contributed by atoms with Gasteiger partial charge >= 0.3 is 0 Å². The van der Waals surface area contributed by atoms with Gasteiger partial charge in [0.1, 0.15) is 0 Å². The van der Waals surface area contributed by atoms with E-state index in [0.29, 0.717) is 18.4 Å². The number of carbonyl (C=O) groups is 1. The van der Waals surface area contributed by atoms with Crippen LogP contribution in [0.5, 0.6) is 0 Å². The Hall–Kier alpha value is -1.72. The summed E-state index contributed by atoms with van der Waals surface area (Å²) in [6.07, 6.45) is 4.28. The van der Waals surface area contributed by atoms with Gasteiger partial charge in [0.2, 0.25) is 5.91 Å². The van der Waals surface area contributed by atoms with Gasteiger partial charge in [-0.2, -0.15) is 5.21 Å². The van der Waals surface area contributed by atoms with E-state index in [1.165, 1.54) is 5.57 Å². The molecule has 6 heteroatoms. The van der Waals surface area contributed by atoms with Crippen molar-refractivity contribution in [2.24, 2.45) is 17.3 Å². The molecule has 0 unspecified atom stereocenters. The molecule has 0 spiro atoms. The number of carbonyl (C=O) groups excluding carboxylic acids is 1. The molecule has 2 fully saturated rings. The summed E-state index contributed by atoms with van der Waals surface area (Å²) in [6.45, 7) is 10.2. The first kappa shape index (κ1) is 15.2. The number of piperidine rings is 1. The average molecular weight is 303 g/mol. The molecule has 1 aliphatic heterocycles. The molecule has 1 aromatic heterocycles. The molecule has 1 N–H and O–H groups in total. The molecule has 1 aromatic rings. The first-order chi connectivity index (χ1) is 10.4. The monoisotopic (exact) mass is 303 g/mol. The molecule has 2 heterocycles. The lowest BCUT2D eigenvalue weighted by Gasteiger charge is -2.31. The SMILES string of the molecule is CC(C)=C[C@@H]1[C@@H](C(=O)N2CCC[C@H](c3nn[nH]n3)C2)C1(C)C. The van der Waals surface area contributed by atoms with Gasteiger partial charge in [0.05, 0.1) is 5.92 Å². The maximum Gasteiger partial charge on any atom is 0.226 e. The number of amides is 1. The van der Waals surface area contributed by atoms with E-state index >= 15 is 0 Å². The lowest BCUT2D eigenvalue weighted by Crippen LogP contribution is -2.41. The van der Waals surface area contributed by atoms with Gasteiger partial charge in [0.25, 0.3) is 0 Å². The lowest BCUT2D eigenvalue weighted by molar-refractivity contribution is -0.134. The van der Waals surface area contributed by atoms with Crippen LogP contribution in [0.4, 0.5) is 0 Å². The van der Waals surface area contributed by atoms with E-state index in [-0.39, 0.29) is 17.3 Å². The third kappa shape index (κ3) is 2.66. The molecule has 1 aliphatic carbocycles. The van der Waals surface area contributed by atoms with Crippen molar-refractivity contribution in [3.8, 4) is 0 Å². The zero-order valence-electron chi connectivity index (χ0n) is 13.8. The number of hydrogen-bond acceptors (Lipinski definition) is 4. The summed E-state index contributed by atoms with van der Waals surface area (Å²) in [7, 11) is 0. The van der Waals surface area contributed by atoms with E-state index < -0.39 is 0 Å². The Kier molecular flexibility index (Phi) is 3.78. The van der Waals surface area contributed by atoms with Crippen LogP contribution in [-0.2, 0) is 4.79 Å². The normalized spacial score (nSPS) is 30.0. The predicted octanol–water partition coefficient (Wildman–Crippen LogP) is 2.14. The lowest BCUT2D eigenvalue weighted by atomic mass is 9.96. The van der Waals surface area contributed by atoms with Crippen molar-refractivity contribution in [1.82, 2.24) is 25.5 Å². The van der Waals surface area contributed by atoms with Crippen LogP contribution in [0.15, 0.2) is 11.6 Å². The third-order valence-electron chi connectivity index (χ3n) is 5.15. The van der Waals surface area contributed by atoms with Crippen molar-refractivity contribution in [3.63, 3.8) is 0 Å². The van der Waals surface area contributed by atoms with Crippen molar-refractivity contribution in [1.29, 1.82) is 0 Å². The molecule has 1 amide bonds. The Morgan fingerprint density at radius 3 is 2.82 bits per heavy atom. The van der Waals surface area contributed by atoms with Crippen molar-refractivity contribution in [2.75, 3.05) is 13.1 Å². The van der Waals surface area contributed by atoms with Crippen LogP contribution in [0, 0.1) is 17.3 Å². The van der Waals surface area contributed by atoms with Crippen LogP contribution in [0.3, 0.4) is 0 Å². The maximum absolute atomic E-state index is 12.9. The highest BCUT2D eigenvalue weighted by atomic mass is 16.2. The quantitative estimate of drug-likeness (QED) is 0.868. The summed E-state index contributed by atoms with van der Waals surface area (Å²) in [5, 5.41) is 14.3. The molecule has 2 aliphatic rings. The van der Waals surface area contributed by atoms with Gasteiger partial charge in [0.15, 0.2) is 5.82 Å². The minimum absolute atomic E-state index is 0.0768.